The van der Waals surface area contributed by atoms with E-state index in [9.17, 15) is 13.2 Å². The molecule has 3 aliphatic rings. The highest BCUT2D eigenvalue weighted by atomic mass is 32.2. The number of benzene rings is 1. The van der Waals surface area contributed by atoms with Crippen molar-refractivity contribution in [2.75, 3.05) is 18.0 Å². The van der Waals surface area contributed by atoms with Crippen LogP contribution in [0.5, 0.6) is 0 Å². The molecule has 1 saturated carbocycles. The quantitative estimate of drug-likeness (QED) is 0.843. The molecule has 2 aliphatic heterocycles. The van der Waals surface area contributed by atoms with Crippen LogP contribution in [-0.2, 0) is 21.2 Å². The summed E-state index contributed by atoms with van der Waals surface area (Å²) in [5.74, 6) is 0.577. The number of amides is 1. The lowest BCUT2D eigenvalue weighted by Crippen LogP contribution is -2.37. The Morgan fingerprint density at radius 1 is 1.12 bits per heavy atom. The van der Waals surface area contributed by atoms with Gasteiger partial charge in [0.2, 0.25) is 15.9 Å². The van der Waals surface area contributed by atoms with Crippen LogP contribution in [0.2, 0.25) is 0 Å². The van der Waals surface area contributed by atoms with Crippen molar-refractivity contribution in [3.8, 4) is 0 Å². The van der Waals surface area contributed by atoms with Crippen LogP contribution in [0.4, 0.5) is 5.69 Å². The Balaban J connectivity index is 1.68. The summed E-state index contributed by atoms with van der Waals surface area (Å²) >= 11 is 0. The molecule has 1 saturated heterocycles. The van der Waals surface area contributed by atoms with Crippen molar-refractivity contribution in [2.24, 2.45) is 5.92 Å². The van der Waals surface area contributed by atoms with E-state index in [4.69, 9.17) is 0 Å². The molecule has 1 aliphatic carbocycles. The molecule has 1 amide bonds. The molecule has 0 spiro atoms. The summed E-state index contributed by atoms with van der Waals surface area (Å²) in [6, 6.07) is 5.48. The molecule has 2 heterocycles. The molecule has 6 heteroatoms. The molecule has 0 N–H and O–H groups in total. The third-order valence-corrected chi connectivity index (χ3v) is 7.49. The molecule has 0 bridgehead atoms. The molecule has 0 radical (unpaired) electrons. The minimum atomic E-state index is -3.43. The number of carbonyl (C=O) groups excluding carboxylic acids is 1. The fourth-order valence-electron chi connectivity index (χ4n) is 4.21. The topological polar surface area (TPSA) is 57.7 Å². The van der Waals surface area contributed by atoms with Gasteiger partial charge in [-0.2, -0.15) is 4.31 Å². The fourth-order valence-corrected chi connectivity index (χ4v) is 6.02. The third-order valence-electron chi connectivity index (χ3n) is 5.57. The Hall–Kier alpha value is -1.40. The summed E-state index contributed by atoms with van der Waals surface area (Å²) in [4.78, 5) is 13.9. The average Bonchev–Trinajstić information content (AvgIpc) is 3.29. The third kappa shape index (κ3) is 2.65. The van der Waals surface area contributed by atoms with E-state index in [-0.39, 0.29) is 11.9 Å². The van der Waals surface area contributed by atoms with Gasteiger partial charge in [0.15, 0.2) is 0 Å². The highest BCUT2D eigenvalue weighted by molar-refractivity contribution is 7.89. The molecule has 130 valence electrons. The molecule has 5 nitrogen and oxygen atoms in total. The first-order chi connectivity index (χ1) is 11.5. The Morgan fingerprint density at radius 2 is 1.92 bits per heavy atom. The van der Waals surface area contributed by atoms with Crippen LogP contribution in [0.25, 0.3) is 0 Å². The highest BCUT2D eigenvalue weighted by Crippen LogP contribution is 2.42. The summed E-state index contributed by atoms with van der Waals surface area (Å²) in [7, 11) is -3.43. The van der Waals surface area contributed by atoms with Crippen molar-refractivity contribution in [3.63, 3.8) is 0 Å². The summed E-state index contributed by atoms with van der Waals surface area (Å²) < 4.78 is 28.0. The lowest BCUT2D eigenvalue weighted by molar-refractivity contribution is -0.116. The summed E-state index contributed by atoms with van der Waals surface area (Å²) in [6.45, 7) is 2.91. The Kier molecular flexibility index (Phi) is 3.92. The Bertz CT molecular complexity index is 770. The second kappa shape index (κ2) is 5.85. The molecule has 24 heavy (non-hydrogen) atoms. The largest absolute Gasteiger partial charge is 0.312 e. The zero-order valence-corrected chi connectivity index (χ0v) is 14.9. The van der Waals surface area contributed by atoms with Crippen molar-refractivity contribution in [2.45, 2.75) is 56.4 Å². The van der Waals surface area contributed by atoms with Gasteiger partial charge in [-0.05, 0) is 68.2 Å². The van der Waals surface area contributed by atoms with Gasteiger partial charge in [-0.15, -0.1) is 0 Å². The second-order valence-electron chi connectivity index (χ2n) is 7.23. The molecule has 1 unspecified atom stereocenters. The van der Waals surface area contributed by atoms with Crippen LogP contribution in [0.15, 0.2) is 23.1 Å². The van der Waals surface area contributed by atoms with E-state index in [0.29, 0.717) is 23.9 Å². The lowest BCUT2D eigenvalue weighted by Gasteiger charge is -2.30. The molecule has 1 aromatic rings. The first kappa shape index (κ1) is 16.1. The average molecular weight is 348 g/mol. The van der Waals surface area contributed by atoms with Crippen molar-refractivity contribution in [1.29, 1.82) is 0 Å². The predicted molar refractivity (Wildman–Crippen MR) is 92.4 cm³/mol. The van der Waals surface area contributed by atoms with Gasteiger partial charge in [0.25, 0.3) is 0 Å². The van der Waals surface area contributed by atoms with Crippen LogP contribution < -0.4 is 4.90 Å². The van der Waals surface area contributed by atoms with Gasteiger partial charge in [-0.3, -0.25) is 4.79 Å². The zero-order chi connectivity index (χ0) is 16.9. The maximum Gasteiger partial charge on any atom is 0.243 e. The highest BCUT2D eigenvalue weighted by Gasteiger charge is 2.43. The van der Waals surface area contributed by atoms with Crippen LogP contribution in [0.1, 0.15) is 44.6 Å². The van der Waals surface area contributed by atoms with Crippen LogP contribution in [0, 0.1) is 5.92 Å². The first-order valence-electron chi connectivity index (χ1n) is 8.91. The van der Waals surface area contributed by atoms with Crippen molar-refractivity contribution in [3.05, 3.63) is 23.8 Å². The molecular weight excluding hydrogens is 324 g/mol. The number of aryl methyl sites for hydroxylation is 1. The number of rotatable bonds is 3. The van der Waals surface area contributed by atoms with E-state index in [1.165, 1.54) is 0 Å². The standard InChI is InChI=1S/C18H24N2O3S/c1-13(21)19-10-2-4-15-12-16(8-9-17(15)19)24(22,23)20-11-3-5-18(20)14-6-7-14/h8-9,12,14,18H,2-7,10-11H2,1H3. The SMILES string of the molecule is CC(=O)N1CCCc2cc(S(=O)(=O)N3CCCC3C3CC3)ccc21. The van der Waals surface area contributed by atoms with E-state index in [1.807, 2.05) is 6.07 Å². The van der Waals surface area contributed by atoms with Gasteiger partial charge >= 0.3 is 0 Å². The second-order valence-corrected chi connectivity index (χ2v) is 9.12. The van der Waals surface area contributed by atoms with Crippen LogP contribution in [0.3, 0.4) is 0 Å². The molecule has 2 fully saturated rings. The van der Waals surface area contributed by atoms with Gasteiger partial charge in [-0.1, -0.05) is 0 Å². The van der Waals surface area contributed by atoms with E-state index in [0.717, 1.165) is 49.8 Å². The maximum atomic E-state index is 13.1. The van der Waals surface area contributed by atoms with Gasteiger partial charge in [0.1, 0.15) is 0 Å². The van der Waals surface area contributed by atoms with Crippen molar-refractivity contribution >= 4 is 21.6 Å². The van der Waals surface area contributed by atoms with Crippen molar-refractivity contribution < 1.29 is 13.2 Å². The number of hydrogen-bond acceptors (Lipinski definition) is 3. The summed E-state index contributed by atoms with van der Waals surface area (Å²) in [5.41, 5.74) is 1.84. The van der Waals surface area contributed by atoms with E-state index >= 15 is 0 Å². The molecular formula is C18H24N2O3S. The number of fused-ring (bicyclic) bond motifs is 1. The van der Waals surface area contributed by atoms with Gasteiger partial charge < -0.3 is 4.90 Å². The minimum Gasteiger partial charge on any atom is -0.312 e. The number of hydrogen-bond donors (Lipinski definition) is 0. The first-order valence-corrected chi connectivity index (χ1v) is 10.4. The van der Waals surface area contributed by atoms with E-state index < -0.39 is 10.0 Å². The minimum absolute atomic E-state index is 0.0138. The zero-order valence-electron chi connectivity index (χ0n) is 14.1. The number of sulfonamides is 1. The lowest BCUT2D eigenvalue weighted by atomic mass is 10.0. The maximum absolute atomic E-state index is 13.1. The molecule has 0 aromatic heterocycles. The predicted octanol–water partition coefficient (Wildman–Crippen LogP) is 2.55. The monoisotopic (exact) mass is 348 g/mol. The van der Waals surface area contributed by atoms with Crippen molar-refractivity contribution in [1.82, 2.24) is 4.31 Å². The van der Waals surface area contributed by atoms with Crippen LogP contribution in [-0.4, -0.2) is 37.8 Å². The number of anilines is 1. The Morgan fingerprint density at radius 3 is 2.62 bits per heavy atom. The van der Waals surface area contributed by atoms with Crippen LogP contribution >= 0.6 is 0 Å². The molecule has 4 rings (SSSR count). The number of nitrogens with zero attached hydrogens (tertiary/aromatic N) is 2. The number of carbonyl (C=O) groups is 1. The molecule has 1 aromatic carbocycles. The Labute approximate surface area is 143 Å². The normalized spacial score (nSPS) is 24.9. The van der Waals surface area contributed by atoms with E-state index in [1.54, 1.807) is 28.3 Å². The van der Waals surface area contributed by atoms with E-state index in [2.05, 4.69) is 0 Å². The summed E-state index contributed by atoms with van der Waals surface area (Å²) in [6.07, 6.45) is 5.98. The van der Waals surface area contributed by atoms with Gasteiger partial charge in [-0.25, -0.2) is 8.42 Å². The summed E-state index contributed by atoms with van der Waals surface area (Å²) in [5, 5.41) is 0. The molecule has 1 atom stereocenters. The van der Waals surface area contributed by atoms with Gasteiger partial charge in [0.05, 0.1) is 4.90 Å². The van der Waals surface area contributed by atoms with Gasteiger partial charge in [0, 0.05) is 31.7 Å². The fraction of sp³-hybridized carbons (Fsp3) is 0.611. The smallest absolute Gasteiger partial charge is 0.243 e.